The van der Waals surface area contributed by atoms with Crippen molar-refractivity contribution in [2.45, 2.75) is 341 Å². The van der Waals surface area contributed by atoms with E-state index in [4.69, 9.17) is 18.9 Å². The molecule has 18 rings (SSSR count). The van der Waals surface area contributed by atoms with E-state index in [-0.39, 0.29) is 18.6 Å². The van der Waals surface area contributed by atoms with E-state index >= 15 is 0 Å². The van der Waals surface area contributed by atoms with Gasteiger partial charge in [0.15, 0.2) is 6.73 Å². The van der Waals surface area contributed by atoms with Gasteiger partial charge in [-0.1, -0.05) is 108 Å². The van der Waals surface area contributed by atoms with Crippen LogP contribution in [0.5, 0.6) is 28.7 Å². The predicted octanol–water partition coefficient (Wildman–Crippen LogP) is 19.9. The molecular formula is C118H173F3N12O11. The smallest absolute Gasteiger partial charge is 0.408 e. The number of carbonyl (C=O) groups is 1. The lowest BCUT2D eigenvalue weighted by atomic mass is 9.95. The van der Waals surface area contributed by atoms with Crippen molar-refractivity contribution in [3.8, 4) is 28.7 Å². The molecule has 1 aromatic heterocycles. The van der Waals surface area contributed by atoms with Crippen LogP contribution in [0.25, 0.3) is 0 Å². The topological polar surface area (TPSA) is 234 Å². The van der Waals surface area contributed by atoms with Gasteiger partial charge in [-0.25, -0.2) is 0 Å². The lowest BCUT2D eigenvalue weighted by Gasteiger charge is -2.35. The minimum atomic E-state index is -4.21. The van der Waals surface area contributed by atoms with Gasteiger partial charge < -0.3 is 59.8 Å². The molecule has 5 unspecified atom stereocenters. The number of aryl methyl sites for hydroxylation is 3. The number of alkyl halides is 3. The molecular weight excluding hydrogens is 1820 g/mol. The number of phenolic OH excluding ortho intramolecular Hbond substituents is 1. The Labute approximate surface area is 859 Å². The molecule has 0 spiro atoms. The summed E-state index contributed by atoms with van der Waals surface area (Å²) in [6.07, 6.45) is 1.39. The number of phenols is 1. The van der Waals surface area contributed by atoms with E-state index in [1.807, 2.05) is 62.4 Å². The van der Waals surface area contributed by atoms with Gasteiger partial charge in [-0.2, -0.15) is 18.3 Å². The van der Waals surface area contributed by atoms with Crippen LogP contribution in [-0.2, 0) is 95.8 Å². The number of ether oxygens (including phenoxy) is 4. The van der Waals surface area contributed by atoms with E-state index in [0.29, 0.717) is 112 Å². The van der Waals surface area contributed by atoms with Crippen molar-refractivity contribution in [1.29, 1.82) is 0 Å². The fourth-order valence-electron chi connectivity index (χ4n) is 20.0. The molecule has 1 amide bonds. The molecule has 23 nitrogen and oxygen atoms in total. The van der Waals surface area contributed by atoms with Gasteiger partial charge in [-0.05, 0) is 335 Å². The zero-order chi connectivity index (χ0) is 105. The largest absolute Gasteiger partial charge is 0.508 e. The van der Waals surface area contributed by atoms with Crippen molar-refractivity contribution in [2.75, 3.05) is 92.5 Å². The lowest BCUT2D eigenvalue weighted by molar-refractivity contribution is -0.143. The third-order valence-corrected chi connectivity index (χ3v) is 29.0. The van der Waals surface area contributed by atoms with E-state index in [0.717, 1.165) is 145 Å². The molecule has 0 bridgehead atoms. The van der Waals surface area contributed by atoms with Crippen molar-refractivity contribution in [1.82, 2.24) is 59.2 Å². The molecule has 26 heteroatoms. The average Bonchev–Trinajstić information content (AvgIpc) is 1.01. The van der Waals surface area contributed by atoms with Crippen LogP contribution in [0.3, 0.4) is 0 Å². The highest BCUT2D eigenvalue weighted by Crippen LogP contribution is 2.39. The quantitative estimate of drug-likeness (QED) is 0.0226. The number of hydrogen-bond donors (Lipinski definition) is 7. The molecule has 9 aliphatic heterocycles. The highest BCUT2D eigenvalue weighted by molar-refractivity contribution is 5.47. The number of benzene rings is 8. The summed E-state index contributed by atoms with van der Waals surface area (Å²) in [4.78, 5) is 31.3. The van der Waals surface area contributed by atoms with E-state index in [9.17, 15) is 48.6 Å². The van der Waals surface area contributed by atoms with Crippen molar-refractivity contribution in [2.24, 2.45) is 0 Å². The van der Waals surface area contributed by atoms with Crippen LogP contribution in [0.2, 0.25) is 0 Å². The van der Waals surface area contributed by atoms with Gasteiger partial charge in [0.05, 0.1) is 62.7 Å². The Morgan fingerprint density at radius 3 is 1.17 bits per heavy atom. The van der Waals surface area contributed by atoms with Gasteiger partial charge in [-0.3, -0.25) is 48.7 Å². The summed E-state index contributed by atoms with van der Waals surface area (Å²) < 4.78 is 59.9. The van der Waals surface area contributed by atoms with Crippen molar-refractivity contribution < 1.29 is 67.6 Å². The molecule has 144 heavy (non-hydrogen) atoms. The number of nitrogens with one attached hydrogen (secondary N) is 1. The summed E-state index contributed by atoms with van der Waals surface area (Å²) in [5, 5.41) is 66.2. The number of rotatable bonds is 19. The van der Waals surface area contributed by atoms with Crippen LogP contribution >= 0.6 is 0 Å². The molecule has 0 fully saturated rings. The van der Waals surface area contributed by atoms with Gasteiger partial charge in [0.25, 0.3) is 0 Å². The standard InChI is InChI=1S/C14H20N2O3.C14H21NO2.C14H21NO.C14H21N.C13H19NO2.C13H19NO.C13H19N.C12H17NO2.C11H16F3N3/c1-10(2)16-6-11-3-4-12(19-9-15-8-17)5-13(11)14(18)7-16;1-4-17-12-6-5-11-8-15(10(2)3)9-14(16)13(11)7-12;1-4-16-14-6-5-13-10-15(11(2)3)8-7-12(13)9-14;1-11(2)15-8-6-13-5-4-12(3)10-14(13)7-9-15;1-9(2)14-7-10-5-4-6-12(16-3)13(10)11(15)8-14;1-9(2)14-7-11-6-10(3)4-5-12(11)13(15)8-14;1-10(2)14-7-6-12-8-11(3)4-5-13(12)9-14;1-8(2)13-6-9-3-4-10(14)5-11(9)12(15)7-13;1-8(2)16-4-3-9-5-15-17(10(9)6-16)7-11(12,13)14/h3-5,8,10,14,18H,6-7,9H2,1-2H3,(H,15,17);5-7,10,14,16H,4,8-9H2,1-3H3;5-6,9,11H,4,7-8,10H2,1-3H3;4-5,10-11H,6-9H2,1-3H3;4-6,9,11,15H,7-8H2,1-3H3;4-6,9,13,15H,7-8H2,1-3H3;4-5,8,10H,6-7,9H2,1-3H3;3-5,8,12,14-15H,6-7H2,1-2H3;5,8H,3-4,6-7H2,1-2H3. The first kappa shape index (κ1) is 117. The van der Waals surface area contributed by atoms with Crippen molar-refractivity contribution in [3.63, 3.8) is 0 Å². The molecule has 792 valence electrons. The molecule has 8 aromatic carbocycles. The van der Waals surface area contributed by atoms with Gasteiger partial charge in [0.1, 0.15) is 35.3 Å². The maximum atomic E-state index is 12.4. The van der Waals surface area contributed by atoms with Crippen LogP contribution in [0.15, 0.2) is 152 Å². The summed E-state index contributed by atoms with van der Waals surface area (Å²) in [7, 11) is 1.65. The van der Waals surface area contributed by atoms with Crippen LogP contribution in [-0.4, -0.2) is 244 Å². The van der Waals surface area contributed by atoms with Crippen molar-refractivity contribution >= 4 is 6.41 Å². The highest BCUT2D eigenvalue weighted by atomic mass is 19.4. The van der Waals surface area contributed by atoms with Crippen LogP contribution < -0.4 is 24.3 Å². The fourth-order valence-corrected chi connectivity index (χ4v) is 20.0. The van der Waals surface area contributed by atoms with E-state index in [1.165, 1.54) is 95.5 Å². The second-order valence-electron chi connectivity index (χ2n) is 42.4. The molecule has 0 saturated heterocycles. The lowest BCUT2D eigenvalue weighted by Crippen LogP contribution is -2.38. The molecule has 0 aliphatic carbocycles. The number of halogens is 3. The number of hydrogen-bond acceptors (Lipinski definition) is 21. The Morgan fingerprint density at radius 1 is 0.368 bits per heavy atom. The zero-order valence-corrected chi connectivity index (χ0v) is 91.0. The Balaban J connectivity index is 0.000000166. The number of aromatic nitrogens is 2. The SMILES string of the molecule is CC(C)N1CCc2cnn(CC(F)(F)F)c2C1.CC(C)N1Cc2ccc(O)cc2C(O)C1.CC(C)N1Cc2ccc(OCNC=O)cc2C(O)C1.CCOc1ccc2c(c1)C(O)CN(C(C)C)C2.CCOc1ccc2c(c1)CCN(C(C)C)C2.COc1cccc2c1C(O)CN(C(C)C)C2.Cc1ccc2c(c1)CCN(C(C)C)C2.Cc1ccc2c(c1)CCN(C(C)C)CC2.Cc1ccc2c(c1)CN(C(C)C)CC2O. The normalized spacial score (nSPS) is 19.2. The van der Waals surface area contributed by atoms with Gasteiger partial charge >= 0.3 is 6.18 Å². The number of aliphatic hydroxyl groups excluding tert-OH is 5. The number of aliphatic hydroxyl groups is 5. The van der Waals surface area contributed by atoms with Gasteiger partial charge in [-0.15, -0.1) is 0 Å². The summed E-state index contributed by atoms with van der Waals surface area (Å²) in [5.41, 5.74) is 25.6. The van der Waals surface area contributed by atoms with Crippen LogP contribution in [0.1, 0.15) is 286 Å². The molecule has 9 aliphatic rings. The predicted molar refractivity (Wildman–Crippen MR) is 574 cm³/mol. The fraction of sp³-hybridized carbons (Fsp3) is 0.559. The molecule has 10 heterocycles. The Kier molecular flexibility index (Phi) is 45.0. The number of carbonyl (C=O) groups excluding carboxylic acids is 1. The third-order valence-electron chi connectivity index (χ3n) is 29.0. The zero-order valence-electron chi connectivity index (χ0n) is 91.0. The van der Waals surface area contributed by atoms with Gasteiger partial charge in [0.2, 0.25) is 6.41 Å². The number of β-amino-alcohol motifs (C(OH)–C–C–N with tert-alkyl or cyclic N) is 5. The van der Waals surface area contributed by atoms with Crippen LogP contribution in [0.4, 0.5) is 13.2 Å². The Morgan fingerprint density at radius 2 is 0.715 bits per heavy atom. The highest BCUT2D eigenvalue weighted by Gasteiger charge is 2.35. The third kappa shape index (κ3) is 34.1. The summed E-state index contributed by atoms with van der Waals surface area (Å²) in [6, 6.07) is 54.1. The molecule has 0 radical (unpaired) electrons. The summed E-state index contributed by atoms with van der Waals surface area (Å²) >= 11 is 0. The van der Waals surface area contributed by atoms with E-state index in [2.05, 4.69) is 285 Å². The summed E-state index contributed by atoms with van der Waals surface area (Å²) in [5.74, 6) is 3.55. The minimum Gasteiger partial charge on any atom is -0.508 e. The second kappa shape index (κ2) is 55.6. The minimum absolute atomic E-state index is 0.135. The average molecular weight is 1990 g/mol. The first-order valence-corrected chi connectivity index (χ1v) is 52.8. The van der Waals surface area contributed by atoms with E-state index < -0.39 is 37.1 Å². The number of amides is 1. The monoisotopic (exact) mass is 1990 g/mol. The molecule has 9 aromatic rings. The molecule has 0 saturated carbocycles. The Bertz CT molecular complexity index is 5470. The molecule has 5 atom stereocenters. The maximum Gasteiger partial charge on any atom is 0.408 e. The van der Waals surface area contributed by atoms with Gasteiger partial charge in [0, 0.05) is 178 Å². The number of aromatic hydroxyl groups is 1. The van der Waals surface area contributed by atoms with E-state index in [1.54, 1.807) is 42.1 Å². The first-order valence-electron chi connectivity index (χ1n) is 52.8. The number of methoxy groups -OCH3 is 1. The van der Waals surface area contributed by atoms with Crippen molar-refractivity contribution in [3.05, 3.63) is 269 Å². The summed E-state index contributed by atoms with van der Waals surface area (Å²) in [6.45, 7) is 66.6. The number of fused-ring (bicyclic) bond motifs is 9. The maximum absolute atomic E-state index is 12.4. The van der Waals surface area contributed by atoms with Crippen LogP contribution in [0, 0.1) is 20.8 Å². The second-order valence-corrected chi connectivity index (χ2v) is 42.4. The first-order chi connectivity index (χ1) is 68.4. The number of nitrogens with zero attached hydrogens (tertiary/aromatic N) is 11. The Hall–Kier alpha value is -9.33. The molecule has 7 N–H and O–H groups in total.